The van der Waals surface area contributed by atoms with Gasteiger partial charge in [-0.3, -0.25) is 9.48 Å². The Kier molecular flexibility index (Phi) is 8.11. The summed E-state index contributed by atoms with van der Waals surface area (Å²) in [6, 6.07) is 5.63. The minimum absolute atomic E-state index is 0.000439. The van der Waals surface area contributed by atoms with Gasteiger partial charge in [-0.2, -0.15) is 5.10 Å². The van der Waals surface area contributed by atoms with Crippen molar-refractivity contribution in [1.29, 1.82) is 0 Å². The van der Waals surface area contributed by atoms with Gasteiger partial charge in [-0.25, -0.2) is 17.9 Å². The highest BCUT2D eigenvalue weighted by Gasteiger charge is 2.39. The lowest BCUT2D eigenvalue weighted by Gasteiger charge is -2.36. The number of fused-ring (bicyclic) bond motifs is 1. The highest BCUT2D eigenvalue weighted by Crippen LogP contribution is 2.37. The molecule has 0 atom stereocenters. The predicted octanol–water partition coefficient (Wildman–Crippen LogP) is 2.07. The fourth-order valence-electron chi connectivity index (χ4n) is 4.86. The number of hydrogen-bond acceptors (Lipinski definition) is 7. The summed E-state index contributed by atoms with van der Waals surface area (Å²) >= 11 is 0. The standard InChI is InChI=1S/C25H34N4O6S/c1-3-20-22-21(16-25(17-27-23(22)30)10-14-34-15-11-25)29(28-20)12-4-5-13-35-24(31)18-6-8-19(9-7-18)36(32,33)26-2/h6-9,26H,3-5,10-17H2,1-2H3,(H,27,30). The zero-order chi connectivity index (χ0) is 25.8. The lowest BCUT2D eigenvalue weighted by atomic mass is 9.76. The second-order valence-electron chi connectivity index (χ2n) is 9.39. The number of unbranched alkanes of at least 4 members (excludes halogenated alkanes) is 1. The van der Waals surface area contributed by atoms with Crippen molar-refractivity contribution in [3.05, 3.63) is 46.8 Å². The zero-order valence-electron chi connectivity index (χ0n) is 20.8. The van der Waals surface area contributed by atoms with Crippen LogP contribution in [0, 0.1) is 5.41 Å². The fourth-order valence-corrected chi connectivity index (χ4v) is 5.59. The molecular weight excluding hydrogens is 484 g/mol. The molecule has 1 saturated heterocycles. The van der Waals surface area contributed by atoms with Gasteiger partial charge >= 0.3 is 5.97 Å². The van der Waals surface area contributed by atoms with E-state index >= 15 is 0 Å². The van der Waals surface area contributed by atoms with Gasteiger partial charge in [0.05, 0.1) is 34.0 Å². The molecule has 3 heterocycles. The Hall–Kier alpha value is -2.76. The third-order valence-corrected chi connectivity index (χ3v) is 8.51. The van der Waals surface area contributed by atoms with Crippen molar-refractivity contribution in [3.8, 4) is 0 Å². The van der Waals surface area contributed by atoms with Crippen molar-refractivity contribution in [2.24, 2.45) is 5.41 Å². The number of hydrogen-bond donors (Lipinski definition) is 2. The second kappa shape index (κ2) is 11.1. The SMILES string of the molecule is CCc1nn(CCCCOC(=O)c2ccc(S(=O)(=O)NC)cc2)c2c1C(=O)NCC1(CCOCC1)C2. The highest BCUT2D eigenvalue weighted by atomic mass is 32.2. The van der Waals surface area contributed by atoms with Crippen LogP contribution in [-0.2, 0) is 38.9 Å². The molecule has 2 aliphatic heterocycles. The fraction of sp³-hybridized carbons (Fsp3) is 0.560. The number of ether oxygens (including phenoxy) is 2. The maximum absolute atomic E-state index is 12.9. The number of amides is 1. The third kappa shape index (κ3) is 5.63. The molecule has 4 rings (SSSR count). The monoisotopic (exact) mass is 518 g/mol. The van der Waals surface area contributed by atoms with Gasteiger partial charge in [0.25, 0.3) is 5.91 Å². The molecule has 1 aromatic heterocycles. The second-order valence-corrected chi connectivity index (χ2v) is 11.3. The van der Waals surface area contributed by atoms with E-state index in [-0.39, 0.29) is 22.8 Å². The molecule has 0 radical (unpaired) electrons. The summed E-state index contributed by atoms with van der Waals surface area (Å²) in [4.78, 5) is 25.3. The molecule has 36 heavy (non-hydrogen) atoms. The van der Waals surface area contributed by atoms with Crippen LogP contribution in [0.25, 0.3) is 0 Å². The van der Waals surface area contributed by atoms with Crippen LogP contribution in [0.2, 0.25) is 0 Å². The number of rotatable bonds is 9. The Morgan fingerprint density at radius 1 is 1.22 bits per heavy atom. The molecule has 1 aromatic carbocycles. The predicted molar refractivity (Wildman–Crippen MR) is 132 cm³/mol. The first-order chi connectivity index (χ1) is 17.3. The normalized spacial score (nSPS) is 17.3. The van der Waals surface area contributed by atoms with Crippen LogP contribution in [-0.4, -0.2) is 63.5 Å². The van der Waals surface area contributed by atoms with Gasteiger partial charge in [-0.05, 0) is 75.3 Å². The molecule has 0 bridgehead atoms. The number of nitrogens with zero attached hydrogens (tertiary/aromatic N) is 2. The Morgan fingerprint density at radius 2 is 1.94 bits per heavy atom. The van der Waals surface area contributed by atoms with E-state index in [4.69, 9.17) is 14.6 Å². The number of carbonyl (C=O) groups excluding carboxylic acids is 2. The summed E-state index contributed by atoms with van der Waals surface area (Å²) in [5, 5.41) is 7.88. The van der Waals surface area contributed by atoms with Crippen LogP contribution in [0.5, 0.6) is 0 Å². The number of aromatic nitrogens is 2. The average molecular weight is 519 g/mol. The number of aryl methyl sites for hydroxylation is 2. The zero-order valence-corrected chi connectivity index (χ0v) is 21.7. The van der Waals surface area contributed by atoms with Crippen LogP contribution < -0.4 is 10.0 Å². The molecule has 11 heteroatoms. The van der Waals surface area contributed by atoms with Crippen molar-refractivity contribution < 1.29 is 27.5 Å². The maximum Gasteiger partial charge on any atom is 0.338 e. The molecule has 2 aromatic rings. The van der Waals surface area contributed by atoms with Crippen LogP contribution in [0.4, 0.5) is 0 Å². The quantitative estimate of drug-likeness (QED) is 0.384. The van der Waals surface area contributed by atoms with E-state index in [2.05, 4.69) is 10.0 Å². The number of benzene rings is 1. The van der Waals surface area contributed by atoms with Gasteiger partial charge in [0, 0.05) is 26.3 Å². The Bertz CT molecular complexity index is 1200. The van der Waals surface area contributed by atoms with E-state index < -0.39 is 16.0 Å². The average Bonchev–Trinajstić information content (AvgIpc) is 3.17. The molecule has 1 spiro atoms. The number of esters is 1. The van der Waals surface area contributed by atoms with Gasteiger partial charge in [0.1, 0.15) is 0 Å². The smallest absolute Gasteiger partial charge is 0.338 e. The summed E-state index contributed by atoms with van der Waals surface area (Å²) < 4.78 is 38.8. The Labute approximate surface area is 211 Å². The van der Waals surface area contributed by atoms with E-state index in [1.165, 1.54) is 31.3 Å². The number of sulfonamides is 1. The lowest BCUT2D eigenvalue weighted by molar-refractivity contribution is 0.0152. The van der Waals surface area contributed by atoms with Gasteiger partial charge in [-0.15, -0.1) is 0 Å². The summed E-state index contributed by atoms with van der Waals surface area (Å²) in [6.45, 7) is 4.96. The molecule has 10 nitrogen and oxygen atoms in total. The minimum atomic E-state index is -3.55. The summed E-state index contributed by atoms with van der Waals surface area (Å²) in [5.74, 6) is -0.540. The van der Waals surface area contributed by atoms with Gasteiger partial charge in [-0.1, -0.05) is 6.92 Å². The van der Waals surface area contributed by atoms with Crippen molar-refractivity contribution in [3.63, 3.8) is 0 Å². The summed E-state index contributed by atoms with van der Waals surface area (Å²) in [5.41, 5.74) is 2.83. The van der Waals surface area contributed by atoms with Gasteiger partial charge in [0.15, 0.2) is 0 Å². The molecule has 1 amide bonds. The largest absolute Gasteiger partial charge is 0.462 e. The molecule has 0 aliphatic carbocycles. The highest BCUT2D eigenvalue weighted by molar-refractivity contribution is 7.89. The van der Waals surface area contributed by atoms with Crippen molar-refractivity contribution in [2.75, 3.05) is 33.4 Å². The van der Waals surface area contributed by atoms with Crippen LogP contribution >= 0.6 is 0 Å². The van der Waals surface area contributed by atoms with Crippen molar-refractivity contribution >= 4 is 21.9 Å². The first kappa shape index (κ1) is 26.3. The van der Waals surface area contributed by atoms with Crippen LogP contribution in [0.1, 0.15) is 64.7 Å². The molecule has 0 saturated carbocycles. The number of nitrogens with one attached hydrogen (secondary N) is 2. The molecule has 2 N–H and O–H groups in total. The van der Waals surface area contributed by atoms with Crippen LogP contribution in [0.3, 0.4) is 0 Å². The summed E-state index contributed by atoms with van der Waals surface area (Å²) in [6.07, 6.45) is 4.69. The van der Waals surface area contributed by atoms with Crippen LogP contribution in [0.15, 0.2) is 29.2 Å². The first-order valence-electron chi connectivity index (χ1n) is 12.4. The molecule has 0 unspecified atom stereocenters. The minimum Gasteiger partial charge on any atom is -0.462 e. The van der Waals surface area contributed by atoms with E-state index in [9.17, 15) is 18.0 Å². The Morgan fingerprint density at radius 3 is 2.61 bits per heavy atom. The molecular formula is C25H34N4O6S. The first-order valence-corrected chi connectivity index (χ1v) is 13.9. The Balaban J connectivity index is 1.35. The van der Waals surface area contributed by atoms with Crippen molar-refractivity contribution in [2.45, 2.75) is 56.9 Å². The third-order valence-electron chi connectivity index (χ3n) is 7.08. The molecule has 1 fully saturated rings. The topological polar surface area (TPSA) is 129 Å². The van der Waals surface area contributed by atoms with E-state index in [0.29, 0.717) is 44.7 Å². The number of carbonyl (C=O) groups is 2. The van der Waals surface area contributed by atoms with Gasteiger partial charge < -0.3 is 14.8 Å². The lowest BCUT2D eigenvalue weighted by Crippen LogP contribution is -2.40. The van der Waals surface area contributed by atoms with Crippen molar-refractivity contribution in [1.82, 2.24) is 19.8 Å². The van der Waals surface area contributed by atoms with E-state index in [1.807, 2.05) is 11.6 Å². The van der Waals surface area contributed by atoms with E-state index in [0.717, 1.165) is 42.6 Å². The summed E-state index contributed by atoms with van der Waals surface area (Å²) in [7, 11) is -2.22. The van der Waals surface area contributed by atoms with Gasteiger partial charge in [0.2, 0.25) is 10.0 Å². The molecule has 196 valence electrons. The molecule has 2 aliphatic rings. The maximum atomic E-state index is 12.9. The van der Waals surface area contributed by atoms with E-state index in [1.54, 1.807) is 0 Å².